The quantitative estimate of drug-likeness (QED) is 0.749. The van der Waals surface area contributed by atoms with Crippen LogP contribution in [0.1, 0.15) is 18.9 Å². The van der Waals surface area contributed by atoms with Gasteiger partial charge < -0.3 is 10.1 Å². The van der Waals surface area contributed by atoms with E-state index in [9.17, 15) is 4.39 Å². The zero-order chi connectivity index (χ0) is 11.8. The lowest BCUT2D eigenvalue weighted by Gasteiger charge is -2.01. The third-order valence-corrected chi connectivity index (χ3v) is 2.24. The second kappa shape index (κ2) is 7.01. The molecule has 0 heterocycles. The number of rotatable bonds is 6. The van der Waals surface area contributed by atoms with Crippen LogP contribution in [0.25, 0.3) is 6.08 Å². The van der Waals surface area contributed by atoms with Gasteiger partial charge in [0.05, 0.1) is 7.11 Å². The van der Waals surface area contributed by atoms with Gasteiger partial charge in [0, 0.05) is 11.6 Å². The number of halogens is 1. The number of benzene rings is 1. The predicted octanol–water partition coefficient (Wildman–Crippen LogP) is 2.85. The van der Waals surface area contributed by atoms with Crippen LogP contribution in [0.15, 0.2) is 24.3 Å². The summed E-state index contributed by atoms with van der Waals surface area (Å²) in [6.45, 7) is 3.95. The first-order valence-electron chi connectivity index (χ1n) is 5.48. The Labute approximate surface area is 96.1 Å². The molecule has 3 heteroatoms. The number of ether oxygens (including phenoxy) is 1. The van der Waals surface area contributed by atoms with E-state index in [-0.39, 0.29) is 5.82 Å². The Bertz CT molecular complexity index is 350. The Kier molecular flexibility index (Phi) is 5.57. The van der Waals surface area contributed by atoms with E-state index in [1.807, 2.05) is 6.08 Å². The molecule has 1 aromatic carbocycles. The summed E-state index contributed by atoms with van der Waals surface area (Å²) in [4.78, 5) is 0. The molecule has 0 atom stereocenters. The molecule has 0 saturated heterocycles. The summed E-state index contributed by atoms with van der Waals surface area (Å²) < 4.78 is 18.4. The summed E-state index contributed by atoms with van der Waals surface area (Å²) >= 11 is 0. The Hall–Kier alpha value is -1.35. The smallest absolute Gasteiger partial charge is 0.134 e. The van der Waals surface area contributed by atoms with E-state index in [0.717, 1.165) is 19.5 Å². The first-order chi connectivity index (χ1) is 7.77. The van der Waals surface area contributed by atoms with Crippen LogP contribution in [-0.2, 0) is 0 Å². The Morgan fingerprint density at radius 1 is 1.44 bits per heavy atom. The average molecular weight is 223 g/mol. The van der Waals surface area contributed by atoms with Crippen LogP contribution in [-0.4, -0.2) is 20.2 Å². The van der Waals surface area contributed by atoms with Gasteiger partial charge in [-0.3, -0.25) is 0 Å². The highest BCUT2D eigenvalue weighted by atomic mass is 19.1. The summed E-state index contributed by atoms with van der Waals surface area (Å²) in [7, 11) is 1.53. The van der Waals surface area contributed by atoms with Gasteiger partial charge in [0.2, 0.25) is 0 Å². The topological polar surface area (TPSA) is 21.3 Å². The van der Waals surface area contributed by atoms with Crippen molar-refractivity contribution in [2.75, 3.05) is 20.2 Å². The molecule has 0 aliphatic heterocycles. The zero-order valence-corrected chi connectivity index (χ0v) is 9.79. The van der Waals surface area contributed by atoms with Gasteiger partial charge in [0.1, 0.15) is 11.6 Å². The van der Waals surface area contributed by atoms with E-state index in [1.54, 1.807) is 18.2 Å². The van der Waals surface area contributed by atoms with Gasteiger partial charge in [-0.15, -0.1) is 0 Å². The predicted molar refractivity (Wildman–Crippen MR) is 65.1 cm³/mol. The van der Waals surface area contributed by atoms with Crippen LogP contribution < -0.4 is 10.1 Å². The molecule has 88 valence electrons. The largest absolute Gasteiger partial charge is 0.497 e. The SMILES string of the molecule is CCNCC/C=C/c1ccc(OC)cc1F. The molecule has 0 saturated carbocycles. The van der Waals surface area contributed by atoms with Crippen molar-refractivity contribution in [3.05, 3.63) is 35.7 Å². The molecule has 0 aliphatic carbocycles. The molecule has 0 unspecified atom stereocenters. The molecule has 0 aliphatic rings. The summed E-state index contributed by atoms with van der Waals surface area (Å²) in [6.07, 6.45) is 4.67. The van der Waals surface area contributed by atoms with Crippen molar-refractivity contribution in [1.82, 2.24) is 5.32 Å². The van der Waals surface area contributed by atoms with Crippen molar-refractivity contribution in [2.45, 2.75) is 13.3 Å². The molecule has 1 rings (SSSR count). The fraction of sp³-hybridized carbons (Fsp3) is 0.385. The second-order valence-corrected chi connectivity index (χ2v) is 3.43. The molecule has 0 fully saturated rings. The molecule has 0 amide bonds. The molecule has 0 bridgehead atoms. The molecule has 0 aromatic heterocycles. The van der Waals surface area contributed by atoms with Gasteiger partial charge in [-0.05, 0) is 31.6 Å². The lowest BCUT2D eigenvalue weighted by molar-refractivity contribution is 0.411. The van der Waals surface area contributed by atoms with E-state index < -0.39 is 0 Å². The van der Waals surface area contributed by atoms with Gasteiger partial charge in [0.15, 0.2) is 0 Å². The van der Waals surface area contributed by atoms with Crippen molar-refractivity contribution in [1.29, 1.82) is 0 Å². The number of methoxy groups -OCH3 is 1. The van der Waals surface area contributed by atoms with Gasteiger partial charge in [0.25, 0.3) is 0 Å². The average Bonchev–Trinajstić information content (AvgIpc) is 2.30. The fourth-order valence-corrected chi connectivity index (χ4v) is 1.34. The minimum Gasteiger partial charge on any atom is -0.497 e. The molecule has 0 spiro atoms. The lowest BCUT2D eigenvalue weighted by Crippen LogP contribution is -2.12. The maximum absolute atomic E-state index is 13.5. The van der Waals surface area contributed by atoms with E-state index in [0.29, 0.717) is 11.3 Å². The molecule has 1 aromatic rings. The molecule has 0 radical (unpaired) electrons. The van der Waals surface area contributed by atoms with Crippen molar-refractivity contribution >= 4 is 6.08 Å². The maximum Gasteiger partial charge on any atom is 0.134 e. The minimum atomic E-state index is -0.251. The highest BCUT2D eigenvalue weighted by molar-refractivity contribution is 5.51. The Morgan fingerprint density at radius 3 is 2.88 bits per heavy atom. The highest BCUT2D eigenvalue weighted by Crippen LogP contribution is 2.17. The van der Waals surface area contributed by atoms with E-state index in [2.05, 4.69) is 12.2 Å². The standard InChI is InChI=1S/C13H18FNO/c1-3-15-9-5-4-6-11-7-8-12(16-2)10-13(11)14/h4,6-8,10,15H,3,5,9H2,1-2H3/b6-4+. The molecule has 2 nitrogen and oxygen atoms in total. The molecule has 16 heavy (non-hydrogen) atoms. The fourth-order valence-electron chi connectivity index (χ4n) is 1.34. The highest BCUT2D eigenvalue weighted by Gasteiger charge is 1.99. The summed E-state index contributed by atoms with van der Waals surface area (Å²) in [5.41, 5.74) is 0.595. The third-order valence-electron chi connectivity index (χ3n) is 2.24. The third kappa shape index (κ3) is 4.03. The van der Waals surface area contributed by atoms with Crippen molar-refractivity contribution in [3.8, 4) is 5.75 Å². The number of hydrogen-bond donors (Lipinski definition) is 1. The van der Waals surface area contributed by atoms with Gasteiger partial charge in [-0.1, -0.05) is 19.1 Å². The van der Waals surface area contributed by atoms with Crippen molar-refractivity contribution < 1.29 is 9.13 Å². The van der Waals surface area contributed by atoms with Crippen LogP contribution in [0.5, 0.6) is 5.75 Å². The summed E-state index contributed by atoms with van der Waals surface area (Å²) in [6, 6.07) is 4.87. The molecule has 1 N–H and O–H groups in total. The number of hydrogen-bond acceptors (Lipinski definition) is 2. The van der Waals surface area contributed by atoms with Crippen molar-refractivity contribution in [2.24, 2.45) is 0 Å². The summed E-state index contributed by atoms with van der Waals surface area (Å²) in [5, 5.41) is 3.20. The zero-order valence-electron chi connectivity index (χ0n) is 9.79. The van der Waals surface area contributed by atoms with Crippen LogP contribution in [0.2, 0.25) is 0 Å². The van der Waals surface area contributed by atoms with Gasteiger partial charge >= 0.3 is 0 Å². The Morgan fingerprint density at radius 2 is 2.25 bits per heavy atom. The van der Waals surface area contributed by atoms with E-state index in [1.165, 1.54) is 13.2 Å². The number of nitrogens with one attached hydrogen (secondary N) is 1. The maximum atomic E-state index is 13.5. The van der Waals surface area contributed by atoms with Crippen LogP contribution >= 0.6 is 0 Å². The first kappa shape index (κ1) is 12.7. The van der Waals surface area contributed by atoms with Gasteiger partial charge in [-0.25, -0.2) is 4.39 Å². The minimum absolute atomic E-state index is 0.251. The normalized spacial score (nSPS) is 10.9. The van der Waals surface area contributed by atoms with Crippen LogP contribution in [0.4, 0.5) is 4.39 Å². The second-order valence-electron chi connectivity index (χ2n) is 3.43. The van der Waals surface area contributed by atoms with Crippen LogP contribution in [0, 0.1) is 5.82 Å². The summed E-state index contributed by atoms with van der Waals surface area (Å²) in [5.74, 6) is 0.293. The van der Waals surface area contributed by atoms with Gasteiger partial charge in [-0.2, -0.15) is 0 Å². The molecular formula is C13H18FNO. The monoisotopic (exact) mass is 223 g/mol. The lowest BCUT2D eigenvalue weighted by atomic mass is 10.2. The van der Waals surface area contributed by atoms with E-state index in [4.69, 9.17) is 4.74 Å². The Balaban J connectivity index is 2.53. The first-order valence-corrected chi connectivity index (χ1v) is 5.48. The van der Waals surface area contributed by atoms with Crippen molar-refractivity contribution in [3.63, 3.8) is 0 Å². The molecular weight excluding hydrogens is 205 g/mol. The van der Waals surface area contributed by atoms with Crippen LogP contribution in [0.3, 0.4) is 0 Å². The van der Waals surface area contributed by atoms with E-state index >= 15 is 0 Å².